The topological polar surface area (TPSA) is 72.9 Å². The molecule has 0 saturated carbocycles. The molecule has 1 heterocycles. The van der Waals surface area contributed by atoms with Crippen molar-refractivity contribution in [2.75, 3.05) is 7.11 Å². The Morgan fingerprint density at radius 2 is 1.76 bits per heavy atom. The van der Waals surface area contributed by atoms with Gasteiger partial charge in [-0.1, -0.05) is 24.3 Å². The Hall–Kier alpha value is -2.37. The molecule has 0 aliphatic carbocycles. The van der Waals surface area contributed by atoms with E-state index in [4.69, 9.17) is 4.74 Å². The lowest BCUT2D eigenvalue weighted by molar-refractivity contribution is -0.162. The number of benzene rings is 1. The van der Waals surface area contributed by atoms with Crippen LogP contribution >= 0.6 is 0 Å². The number of nitrogens with zero attached hydrogens (tertiary/aromatic N) is 1. The van der Waals surface area contributed by atoms with Gasteiger partial charge in [-0.2, -0.15) is 0 Å². The number of rotatable bonds is 5. The minimum Gasteiger partial charge on any atom is -0.469 e. The molecule has 0 bridgehead atoms. The van der Waals surface area contributed by atoms with Crippen molar-refractivity contribution in [2.45, 2.75) is 58.2 Å². The van der Waals surface area contributed by atoms with Gasteiger partial charge in [0.25, 0.3) is 0 Å². The van der Waals surface area contributed by atoms with E-state index in [1.165, 1.54) is 7.11 Å². The van der Waals surface area contributed by atoms with Gasteiger partial charge in [-0.15, -0.1) is 0 Å². The molecule has 0 N–H and O–H groups in total. The van der Waals surface area contributed by atoms with Crippen LogP contribution in [0, 0.1) is 0 Å². The van der Waals surface area contributed by atoms with Gasteiger partial charge in [0.05, 0.1) is 13.5 Å². The summed E-state index contributed by atoms with van der Waals surface area (Å²) in [5.41, 5.74) is 1.16. The first-order valence-corrected chi connectivity index (χ1v) is 8.36. The van der Waals surface area contributed by atoms with Crippen LogP contribution in [0.4, 0.5) is 0 Å². The summed E-state index contributed by atoms with van der Waals surface area (Å²) in [5, 5.41) is 0. The average molecular weight is 347 g/mol. The molecular weight excluding hydrogens is 322 g/mol. The molecule has 2 rings (SSSR count). The van der Waals surface area contributed by atoms with E-state index >= 15 is 0 Å². The highest BCUT2D eigenvalue weighted by molar-refractivity contribution is 5.88. The zero-order valence-electron chi connectivity index (χ0n) is 15.2. The van der Waals surface area contributed by atoms with Gasteiger partial charge < -0.3 is 14.4 Å². The van der Waals surface area contributed by atoms with Gasteiger partial charge in [-0.05, 0) is 38.3 Å². The molecule has 6 heteroatoms. The molecule has 1 saturated heterocycles. The SMILES string of the molecule is COC(=O)Cc1ccc(CN2C(=O)CC[C@@H]2C(=O)OC(C)(C)C)cc1. The highest BCUT2D eigenvalue weighted by Gasteiger charge is 2.38. The fourth-order valence-corrected chi connectivity index (χ4v) is 2.74. The van der Waals surface area contributed by atoms with Crippen LogP contribution in [0.3, 0.4) is 0 Å². The summed E-state index contributed by atoms with van der Waals surface area (Å²) in [4.78, 5) is 37.4. The number of ether oxygens (including phenoxy) is 2. The Bertz CT molecular complexity index is 645. The van der Waals surface area contributed by atoms with E-state index in [0.29, 0.717) is 19.4 Å². The number of hydrogen-bond acceptors (Lipinski definition) is 5. The Labute approximate surface area is 148 Å². The first kappa shape index (κ1) is 19.0. The molecule has 1 amide bonds. The molecule has 136 valence electrons. The molecule has 0 unspecified atom stereocenters. The fourth-order valence-electron chi connectivity index (χ4n) is 2.74. The zero-order valence-corrected chi connectivity index (χ0v) is 15.2. The number of methoxy groups -OCH3 is 1. The van der Waals surface area contributed by atoms with Crippen molar-refractivity contribution in [3.8, 4) is 0 Å². The molecule has 0 aromatic heterocycles. The van der Waals surface area contributed by atoms with E-state index in [0.717, 1.165) is 11.1 Å². The zero-order chi connectivity index (χ0) is 18.6. The maximum absolute atomic E-state index is 12.3. The first-order valence-electron chi connectivity index (χ1n) is 8.36. The van der Waals surface area contributed by atoms with Crippen LogP contribution in [-0.4, -0.2) is 41.5 Å². The van der Waals surface area contributed by atoms with Crippen molar-refractivity contribution in [2.24, 2.45) is 0 Å². The summed E-state index contributed by atoms with van der Waals surface area (Å²) in [6.07, 6.45) is 1.04. The molecule has 25 heavy (non-hydrogen) atoms. The number of hydrogen-bond donors (Lipinski definition) is 0. The monoisotopic (exact) mass is 347 g/mol. The molecule has 1 atom stereocenters. The normalized spacial score (nSPS) is 17.5. The van der Waals surface area contributed by atoms with E-state index in [2.05, 4.69) is 4.74 Å². The maximum atomic E-state index is 12.3. The van der Waals surface area contributed by atoms with E-state index in [1.54, 1.807) is 4.90 Å². The highest BCUT2D eigenvalue weighted by Crippen LogP contribution is 2.24. The quantitative estimate of drug-likeness (QED) is 0.764. The number of amides is 1. The molecule has 1 aromatic rings. The minimum absolute atomic E-state index is 0.0468. The van der Waals surface area contributed by atoms with Gasteiger partial charge in [-0.25, -0.2) is 4.79 Å². The van der Waals surface area contributed by atoms with Crippen LogP contribution in [0.2, 0.25) is 0 Å². The summed E-state index contributed by atoms with van der Waals surface area (Å²) in [6.45, 7) is 5.78. The second-order valence-electron chi connectivity index (χ2n) is 7.18. The lowest BCUT2D eigenvalue weighted by atomic mass is 10.1. The first-order chi connectivity index (χ1) is 11.7. The third-order valence-electron chi connectivity index (χ3n) is 3.96. The third-order valence-corrected chi connectivity index (χ3v) is 3.96. The molecule has 0 radical (unpaired) electrons. The van der Waals surface area contributed by atoms with Crippen LogP contribution < -0.4 is 0 Å². The van der Waals surface area contributed by atoms with Crippen LogP contribution in [0.25, 0.3) is 0 Å². The molecule has 1 fully saturated rings. The van der Waals surface area contributed by atoms with Gasteiger partial charge >= 0.3 is 11.9 Å². The predicted octanol–water partition coefficient (Wildman–Crippen LogP) is 2.23. The number of carbonyl (C=O) groups is 3. The number of likely N-dealkylation sites (tertiary alicyclic amines) is 1. The average Bonchev–Trinajstić information content (AvgIpc) is 2.88. The minimum atomic E-state index is -0.579. The van der Waals surface area contributed by atoms with Gasteiger partial charge in [0.2, 0.25) is 5.91 Å². The van der Waals surface area contributed by atoms with Crippen molar-refractivity contribution in [3.05, 3.63) is 35.4 Å². The van der Waals surface area contributed by atoms with Gasteiger partial charge in [0.15, 0.2) is 0 Å². The lowest BCUT2D eigenvalue weighted by Crippen LogP contribution is -2.41. The Morgan fingerprint density at radius 1 is 1.16 bits per heavy atom. The van der Waals surface area contributed by atoms with Crippen molar-refractivity contribution in [3.63, 3.8) is 0 Å². The molecule has 1 aliphatic heterocycles. The van der Waals surface area contributed by atoms with E-state index in [9.17, 15) is 14.4 Å². The van der Waals surface area contributed by atoms with Crippen LogP contribution in [0.5, 0.6) is 0 Å². The second kappa shape index (κ2) is 7.68. The van der Waals surface area contributed by atoms with Crippen molar-refractivity contribution in [1.82, 2.24) is 4.90 Å². The fraction of sp³-hybridized carbons (Fsp3) is 0.526. The molecular formula is C19H25NO5. The van der Waals surface area contributed by atoms with Crippen molar-refractivity contribution < 1.29 is 23.9 Å². The van der Waals surface area contributed by atoms with Crippen LogP contribution in [-0.2, 0) is 36.8 Å². The summed E-state index contributed by atoms with van der Waals surface area (Å²) >= 11 is 0. The predicted molar refractivity (Wildman–Crippen MR) is 91.6 cm³/mol. The molecule has 1 aliphatic rings. The maximum Gasteiger partial charge on any atom is 0.329 e. The van der Waals surface area contributed by atoms with E-state index in [1.807, 2.05) is 45.0 Å². The smallest absolute Gasteiger partial charge is 0.329 e. The van der Waals surface area contributed by atoms with E-state index in [-0.39, 0.29) is 24.3 Å². The van der Waals surface area contributed by atoms with E-state index < -0.39 is 11.6 Å². The summed E-state index contributed by atoms with van der Waals surface area (Å²) in [7, 11) is 1.35. The molecule has 0 spiro atoms. The lowest BCUT2D eigenvalue weighted by Gasteiger charge is -2.27. The van der Waals surface area contributed by atoms with Crippen LogP contribution in [0.1, 0.15) is 44.7 Å². The molecule has 1 aromatic carbocycles. The summed E-state index contributed by atoms with van der Waals surface area (Å²) in [6, 6.07) is 6.83. The summed E-state index contributed by atoms with van der Waals surface area (Å²) < 4.78 is 10.1. The number of esters is 2. The summed E-state index contributed by atoms with van der Waals surface area (Å²) in [5.74, 6) is -0.706. The molecule has 6 nitrogen and oxygen atoms in total. The third kappa shape index (κ3) is 5.31. The Morgan fingerprint density at radius 3 is 2.32 bits per heavy atom. The second-order valence-corrected chi connectivity index (χ2v) is 7.18. The van der Waals surface area contributed by atoms with Gasteiger partial charge in [0.1, 0.15) is 11.6 Å². The van der Waals surface area contributed by atoms with Gasteiger partial charge in [0, 0.05) is 13.0 Å². The highest BCUT2D eigenvalue weighted by atomic mass is 16.6. The Balaban J connectivity index is 2.05. The standard InChI is InChI=1S/C19H25NO5/c1-19(2,3)25-18(23)15-9-10-16(21)20(15)12-14-7-5-13(6-8-14)11-17(22)24-4/h5-8,15H,9-12H2,1-4H3/t15-/m1/s1. The number of carbonyl (C=O) groups excluding carboxylic acids is 3. The Kier molecular flexibility index (Phi) is 5.82. The van der Waals surface area contributed by atoms with Crippen LogP contribution in [0.15, 0.2) is 24.3 Å². The van der Waals surface area contributed by atoms with Gasteiger partial charge in [-0.3, -0.25) is 9.59 Å². The van der Waals surface area contributed by atoms with Crippen molar-refractivity contribution in [1.29, 1.82) is 0 Å². The largest absolute Gasteiger partial charge is 0.469 e. The van der Waals surface area contributed by atoms with Crippen molar-refractivity contribution >= 4 is 17.8 Å².